The average Bonchev–Trinajstić information content (AvgIpc) is 3.29. The molecule has 7 heteroatoms. The molecule has 0 spiro atoms. The molecule has 1 N–H and O–H groups in total. The Balaban J connectivity index is 1.46. The molecule has 3 aromatic carbocycles. The fourth-order valence-corrected chi connectivity index (χ4v) is 2.95. The molecule has 0 aliphatic rings. The van der Waals surface area contributed by atoms with Gasteiger partial charge in [-0.3, -0.25) is 4.79 Å². The highest BCUT2D eigenvalue weighted by molar-refractivity contribution is 5.91. The summed E-state index contributed by atoms with van der Waals surface area (Å²) in [6.45, 7) is 2.39. The number of rotatable bonds is 8. The molecule has 0 saturated carbocycles. The Labute approximate surface area is 179 Å². The molecule has 0 bridgehead atoms. The summed E-state index contributed by atoms with van der Waals surface area (Å²) in [5.74, 6) is 1.77. The lowest BCUT2D eigenvalue weighted by Gasteiger charge is -2.09. The van der Waals surface area contributed by atoms with Gasteiger partial charge in [-0.2, -0.15) is 4.98 Å². The van der Waals surface area contributed by atoms with E-state index in [0.29, 0.717) is 35.3 Å². The number of hydrogen-bond donors (Lipinski definition) is 1. The predicted octanol–water partition coefficient (Wildman–Crippen LogP) is 4.82. The molecule has 0 atom stereocenters. The zero-order valence-electron chi connectivity index (χ0n) is 16.9. The molecule has 0 saturated heterocycles. The Morgan fingerprint density at radius 3 is 2.45 bits per heavy atom. The average molecular weight is 415 g/mol. The van der Waals surface area contributed by atoms with Crippen LogP contribution >= 0.6 is 0 Å². The number of benzene rings is 3. The van der Waals surface area contributed by atoms with Crippen molar-refractivity contribution in [2.75, 3.05) is 18.5 Å². The number of anilines is 1. The van der Waals surface area contributed by atoms with Crippen LogP contribution in [-0.4, -0.2) is 29.3 Å². The first kappa shape index (κ1) is 20.2. The van der Waals surface area contributed by atoms with Gasteiger partial charge in [0, 0.05) is 11.3 Å². The maximum absolute atomic E-state index is 12.2. The van der Waals surface area contributed by atoms with E-state index in [1.54, 1.807) is 6.07 Å². The summed E-state index contributed by atoms with van der Waals surface area (Å²) in [7, 11) is 0. The second-order valence-corrected chi connectivity index (χ2v) is 6.58. The van der Waals surface area contributed by atoms with E-state index in [9.17, 15) is 4.79 Å². The van der Waals surface area contributed by atoms with Crippen LogP contribution in [0.2, 0.25) is 0 Å². The second-order valence-electron chi connectivity index (χ2n) is 6.58. The first-order chi connectivity index (χ1) is 15.2. The Morgan fingerprint density at radius 1 is 0.935 bits per heavy atom. The minimum Gasteiger partial charge on any atom is -0.494 e. The maximum atomic E-state index is 12.2. The number of nitrogens with one attached hydrogen (secondary N) is 1. The van der Waals surface area contributed by atoms with Crippen molar-refractivity contribution >= 4 is 11.6 Å². The van der Waals surface area contributed by atoms with Crippen LogP contribution in [-0.2, 0) is 4.79 Å². The Kier molecular flexibility index (Phi) is 6.23. The molecule has 0 aliphatic carbocycles. The van der Waals surface area contributed by atoms with Gasteiger partial charge in [-0.05, 0) is 55.5 Å². The molecule has 1 aromatic heterocycles. The first-order valence-electron chi connectivity index (χ1n) is 9.87. The zero-order valence-corrected chi connectivity index (χ0v) is 16.9. The summed E-state index contributed by atoms with van der Waals surface area (Å²) < 4.78 is 16.6. The topological polar surface area (TPSA) is 86.5 Å². The van der Waals surface area contributed by atoms with E-state index in [1.807, 2.05) is 79.7 Å². The highest BCUT2D eigenvalue weighted by Gasteiger charge is 2.15. The van der Waals surface area contributed by atoms with Gasteiger partial charge >= 0.3 is 0 Å². The molecule has 7 nitrogen and oxygen atoms in total. The number of para-hydroxylation sites is 2. The summed E-state index contributed by atoms with van der Waals surface area (Å²) in [6.07, 6.45) is 0. The lowest BCUT2D eigenvalue weighted by Crippen LogP contribution is -2.20. The van der Waals surface area contributed by atoms with E-state index in [-0.39, 0.29) is 12.5 Å². The minimum atomic E-state index is -0.260. The van der Waals surface area contributed by atoms with Crippen LogP contribution in [0.25, 0.3) is 22.8 Å². The molecule has 0 radical (unpaired) electrons. The first-order valence-corrected chi connectivity index (χ1v) is 9.87. The van der Waals surface area contributed by atoms with Gasteiger partial charge in [0.1, 0.15) is 11.5 Å². The summed E-state index contributed by atoms with van der Waals surface area (Å²) in [5, 5.41) is 6.87. The molecular formula is C24H21N3O4. The van der Waals surface area contributed by atoms with Crippen LogP contribution in [0, 0.1) is 0 Å². The Hall–Kier alpha value is -4.13. The standard InChI is InChI=1S/C24H21N3O4/c1-2-29-19-14-12-17(13-15-19)24-26-23(27-31-24)20-10-6-7-11-21(20)30-16-22(28)25-18-8-4-3-5-9-18/h3-15H,2,16H2,1H3,(H,25,28). The number of ether oxygens (including phenoxy) is 2. The molecule has 1 heterocycles. The molecule has 1 amide bonds. The predicted molar refractivity (Wildman–Crippen MR) is 117 cm³/mol. The maximum Gasteiger partial charge on any atom is 0.262 e. The fourth-order valence-electron chi connectivity index (χ4n) is 2.95. The van der Waals surface area contributed by atoms with Crippen LogP contribution in [0.15, 0.2) is 83.4 Å². The van der Waals surface area contributed by atoms with E-state index >= 15 is 0 Å². The van der Waals surface area contributed by atoms with Crippen LogP contribution in [0.4, 0.5) is 5.69 Å². The van der Waals surface area contributed by atoms with Gasteiger partial charge in [0.2, 0.25) is 5.82 Å². The Bertz CT molecular complexity index is 1140. The second kappa shape index (κ2) is 9.58. The van der Waals surface area contributed by atoms with Gasteiger partial charge in [-0.1, -0.05) is 35.5 Å². The van der Waals surface area contributed by atoms with Gasteiger partial charge in [-0.15, -0.1) is 0 Å². The van der Waals surface area contributed by atoms with Crippen LogP contribution < -0.4 is 14.8 Å². The highest BCUT2D eigenvalue weighted by Crippen LogP contribution is 2.30. The van der Waals surface area contributed by atoms with Crippen molar-refractivity contribution in [1.82, 2.24) is 10.1 Å². The smallest absolute Gasteiger partial charge is 0.262 e. The number of hydrogen-bond acceptors (Lipinski definition) is 6. The third kappa shape index (κ3) is 5.08. The zero-order chi connectivity index (χ0) is 21.5. The van der Waals surface area contributed by atoms with Crippen LogP contribution in [0.3, 0.4) is 0 Å². The van der Waals surface area contributed by atoms with Crippen LogP contribution in [0.1, 0.15) is 6.92 Å². The van der Waals surface area contributed by atoms with Crippen molar-refractivity contribution in [3.63, 3.8) is 0 Å². The minimum absolute atomic E-state index is 0.143. The molecule has 4 rings (SSSR count). The third-order valence-corrected chi connectivity index (χ3v) is 4.38. The summed E-state index contributed by atoms with van der Waals surface area (Å²) >= 11 is 0. The largest absolute Gasteiger partial charge is 0.494 e. The normalized spacial score (nSPS) is 10.5. The van der Waals surface area contributed by atoms with Crippen molar-refractivity contribution < 1.29 is 18.8 Å². The van der Waals surface area contributed by atoms with Crippen molar-refractivity contribution in [2.45, 2.75) is 6.92 Å². The molecule has 0 fully saturated rings. The van der Waals surface area contributed by atoms with Gasteiger partial charge in [0.25, 0.3) is 11.8 Å². The SMILES string of the molecule is CCOc1ccc(-c2nc(-c3ccccc3OCC(=O)Nc3ccccc3)no2)cc1. The number of carbonyl (C=O) groups is 1. The van der Waals surface area contributed by atoms with Crippen LogP contribution in [0.5, 0.6) is 11.5 Å². The summed E-state index contributed by atoms with van der Waals surface area (Å²) in [4.78, 5) is 16.7. The van der Waals surface area contributed by atoms with Crippen molar-refractivity contribution in [3.8, 4) is 34.3 Å². The number of aromatic nitrogens is 2. The monoisotopic (exact) mass is 415 g/mol. The van der Waals surface area contributed by atoms with E-state index < -0.39 is 0 Å². The molecule has 156 valence electrons. The number of nitrogens with zero attached hydrogens (tertiary/aromatic N) is 2. The lowest BCUT2D eigenvalue weighted by molar-refractivity contribution is -0.118. The number of amides is 1. The third-order valence-electron chi connectivity index (χ3n) is 4.38. The highest BCUT2D eigenvalue weighted by atomic mass is 16.5. The van der Waals surface area contributed by atoms with Crippen molar-refractivity contribution in [3.05, 3.63) is 78.9 Å². The molecular weight excluding hydrogens is 394 g/mol. The van der Waals surface area contributed by atoms with Gasteiger partial charge < -0.3 is 19.3 Å². The number of carbonyl (C=O) groups excluding carboxylic acids is 1. The summed E-state index contributed by atoms with van der Waals surface area (Å²) in [6, 6.07) is 23.9. The lowest BCUT2D eigenvalue weighted by atomic mass is 10.2. The van der Waals surface area contributed by atoms with Gasteiger partial charge in [0.15, 0.2) is 6.61 Å². The van der Waals surface area contributed by atoms with Gasteiger partial charge in [0.05, 0.1) is 12.2 Å². The molecule has 0 aliphatic heterocycles. The fraction of sp³-hybridized carbons (Fsp3) is 0.125. The Morgan fingerprint density at radius 2 is 1.68 bits per heavy atom. The van der Waals surface area contributed by atoms with E-state index in [4.69, 9.17) is 14.0 Å². The van der Waals surface area contributed by atoms with E-state index in [1.165, 1.54) is 0 Å². The van der Waals surface area contributed by atoms with E-state index in [2.05, 4.69) is 15.5 Å². The van der Waals surface area contributed by atoms with Crippen molar-refractivity contribution in [1.29, 1.82) is 0 Å². The van der Waals surface area contributed by atoms with Gasteiger partial charge in [-0.25, -0.2) is 0 Å². The quantitative estimate of drug-likeness (QED) is 0.444. The molecule has 0 unspecified atom stereocenters. The van der Waals surface area contributed by atoms with E-state index in [0.717, 1.165) is 11.3 Å². The van der Waals surface area contributed by atoms with Crippen molar-refractivity contribution in [2.24, 2.45) is 0 Å². The summed E-state index contributed by atoms with van der Waals surface area (Å²) in [5.41, 5.74) is 2.13. The molecule has 31 heavy (non-hydrogen) atoms. The molecule has 4 aromatic rings.